The Balaban J connectivity index is 2.71. The quantitative estimate of drug-likeness (QED) is 0.654. The zero-order valence-electron chi connectivity index (χ0n) is 11.0. The van der Waals surface area contributed by atoms with Crippen LogP contribution in [0.1, 0.15) is 22.5 Å². The summed E-state index contributed by atoms with van der Waals surface area (Å²) in [7, 11) is 0. The van der Waals surface area contributed by atoms with Gasteiger partial charge in [0.2, 0.25) is 5.56 Å². The van der Waals surface area contributed by atoms with Crippen LogP contribution in [0.15, 0.2) is 21.3 Å². The summed E-state index contributed by atoms with van der Waals surface area (Å²) >= 11 is 0. The number of H-pyrrole nitrogens is 1. The fraction of sp³-hybridized carbons (Fsp3) is 0.267. The van der Waals surface area contributed by atoms with Crippen LogP contribution in [-0.4, -0.2) is 4.98 Å². The molecule has 0 aliphatic rings. The number of fused-ring (bicyclic) bond motifs is 3. The Kier molecular flexibility index (Phi) is 2.14. The van der Waals surface area contributed by atoms with Crippen molar-refractivity contribution in [2.45, 2.75) is 27.7 Å². The van der Waals surface area contributed by atoms with Crippen molar-refractivity contribution < 1.29 is 4.42 Å². The van der Waals surface area contributed by atoms with Crippen LogP contribution >= 0.6 is 0 Å². The van der Waals surface area contributed by atoms with Crippen molar-refractivity contribution in [3.8, 4) is 0 Å². The van der Waals surface area contributed by atoms with Crippen LogP contribution in [-0.2, 0) is 0 Å². The SMILES string of the molecule is Cc1oc2c(C)cc3c(C)cc(=O)[nH]c3c2c1C. The van der Waals surface area contributed by atoms with E-state index in [4.69, 9.17) is 4.42 Å². The number of aromatic nitrogens is 1. The molecule has 0 aliphatic heterocycles. The van der Waals surface area contributed by atoms with E-state index < -0.39 is 0 Å². The van der Waals surface area contributed by atoms with Gasteiger partial charge < -0.3 is 9.40 Å². The molecule has 0 atom stereocenters. The van der Waals surface area contributed by atoms with Crippen molar-refractivity contribution in [1.29, 1.82) is 0 Å². The summed E-state index contributed by atoms with van der Waals surface area (Å²) in [5, 5.41) is 2.12. The van der Waals surface area contributed by atoms with E-state index in [0.717, 1.165) is 44.3 Å². The molecule has 3 nitrogen and oxygen atoms in total. The summed E-state index contributed by atoms with van der Waals surface area (Å²) < 4.78 is 5.80. The maximum atomic E-state index is 11.7. The minimum absolute atomic E-state index is 0.0663. The average Bonchev–Trinajstić information content (AvgIpc) is 2.59. The number of rotatable bonds is 0. The molecule has 18 heavy (non-hydrogen) atoms. The first-order chi connectivity index (χ1) is 8.49. The number of hydrogen-bond donors (Lipinski definition) is 1. The molecule has 3 aromatic rings. The van der Waals surface area contributed by atoms with Gasteiger partial charge >= 0.3 is 0 Å². The third-order valence-electron chi connectivity index (χ3n) is 3.64. The van der Waals surface area contributed by atoms with Crippen LogP contribution in [0, 0.1) is 27.7 Å². The highest BCUT2D eigenvalue weighted by atomic mass is 16.3. The number of benzene rings is 1. The Morgan fingerprint density at radius 3 is 2.50 bits per heavy atom. The van der Waals surface area contributed by atoms with E-state index in [-0.39, 0.29) is 5.56 Å². The number of aromatic amines is 1. The highest BCUT2D eigenvalue weighted by molar-refractivity contribution is 6.07. The number of aryl methyl sites for hydroxylation is 4. The van der Waals surface area contributed by atoms with Gasteiger partial charge in [0.15, 0.2) is 0 Å². The summed E-state index contributed by atoms with van der Waals surface area (Å²) in [5.74, 6) is 0.906. The lowest BCUT2D eigenvalue weighted by Crippen LogP contribution is -2.05. The normalized spacial score (nSPS) is 11.6. The standard InChI is InChI=1S/C15H15NO2/c1-7-6-12(17)16-14-11(7)5-8(2)15-13(14)9(3)10(4)18-15/h5-6H,1-4H3,(H,16,17). The summed E-state index contributed by atoms with van der Waals surface area (Å²) in [6, 6.07) is 3.71. The maximum Gasteiger partial charge on any atom is 0.248 e. The maximum absolute atomic E-state index is 11.7. The Hall–Kier alpha value is -2.03. The Bertz CT molecular complexity index is 837. The molecule has 1 aromatic carbocycles. The topological polar surface area (TPSA) is 46.0 Å². The predicted molar refractivity (Wildman–Crippen MR) is 73.3 cm³/mol. The van der Waals surface area contributed by atoms with Gasteiger partial charge in [-0.2, -0.15) is 0 Å². The monoisotopic (exact) mass is 241 g/mol. The van der Waals surface area contributed by atoms with Gasteiger partial charge in [-0.1, -0.05) is 0 Å². The van der Waals surface area contributed by atoms with Crippen molar-refractivity contribution in [3.05, 3.63) is 44.9 Å². The molecule has 0 amide bonds. The summed E-state index contributed by atoms with van der Waals surface area (Å²) in [6.07, 6.45) is 0. The van der Waals surface area contributed by atoms with Gasteiger partial charge in [-0.15, -0.1) is 0 Å². The van der Waals surface area contributed by atoms with Crippen molar-refractivity contribution in [1.82, 2.24) is 4.98 Å². The van der Waals surface area contributed by atoms with E-state index >= 15 is 0 Å². The molecule has 3 heteroatoms. The van der Waals surface area contributed by atoms with Gasteiger partial charge in [0.1, 0.15) is 11.3 Å². The third kappa shape index (κ3) is 1.33. The average molecular weight is 241 g/mol. The van der Waals surface area contributed by atoms with Crippen molar-refractivity contribution in [3.63, 3.8) is 0 Å². The third-order valence-corrected chi connectivity index (χ3v) is 3.64. The Morgan fingerprint density at radius 2 is 1.78 bits per heavy atom. The van der Waals surface area contributed by atoms with E-state index in [0.29, 0.717) is 0 Å². The second-order valence-corrected chi connectivity index (χ2v) is 4.92. The van der Waals surface area contributed by atoms with Crippen molar-refractivity contribution >= 4 is 21.9 Å². The van der Waals surface area contributed by atoms with Crippen molar-refractivity contribution in [2.24, 2.45) is 0 Å². The first-order valence-corrected chi connectivity index (χ1v) is 6.02. The molecule has 0 fully saturated rings. The first kappa shape index (κ1) is 11.1. The van der Waals surface area contributed by atoms with E-state index in [1.54, 1.807) is 6.07 Å². The minimum Gasteiger partial charge on any atom is -0.461 e. The highest BCUT2D eigenvalue weighted by Crippen LogP contribution is 2.33. The van der Waals surface area contributed by atoms with Gasteiger partial charge in [0.25, 0.3) is 0 Å². The molecule has 0 saturated heterocycles. The van der Waals surface area contributed by atoms with Crippen LogP contribution in [0.2, 0.25) is 0 Å². The Labute approximate surface area is 104 Å². The zero-order chi connectivity index (χ0) is 13.0. The molecule has 2 heterocycles. The van der Waals surface area contributed by atoms with Gasteiger partial charge in [-0.25, -0.2) is 0 Å². The molecule has 0 bridgehead atoms. The highest BCUT2D eigenvalue weighted by Gasteiger charge is 2.14. The van der Waals surface area contributed by atoms with E-state index in [1.165, 1.54) is 0 Å². The van der Waals surface area contributed by atoms with Crippen LogP contribution in [0.3, 0.4) is 0 Å². The number of pyridine rings is 1. The fourth-order valence-electron chi connectivity index (χ4n) is 2.57. The lowest BCUT2D eigenvalue weighted by atomic mass is 10.0. The molecule has 92 valence electrons. The van der Waals surface area contributed by atoms with Gasteiger partial charge in [0, 0.05) is 22.4 Å². The first-order valence-electron chi connectivity index (χ1n) is 6.02. The summed E-state index contributed by atoms with van der Waals surface area (Å²) in [4.78, 5) is 14.6. The van der Waals surface area contributed by atoms with Gasteiger partial charge in [0.05, 0.1) is 5.52 Å². The number of nitrogens with one attached hydrogen (secondary N) is 1. The molecule has 0 saturated carbocycles. The smallest absolute Gasteiger partial charge is 0.248 e. The van der Waals surface area contributed by atoms with Crippen molar-refractivity contribution in [2.75, 3.05) is 0 Å². The van der Waals surface area contributed by atoms with Gasteiger partial charge in [-0.05, 0) is 44.9 Å². The molecule has 3 rings (SSSR count). The zero-order valence-corrected chi connectivity index (χ0v) is 11.0. The second kappa shape index (κ2) is 3.48. The largest absolute Gasteiger partial charge is 0.461 e. The molecule has 0 spiro atoms. The van der Waals surface area contributed by atoms with Crippen LogP contribution in [0.25, 0.3) is 21.9 Å². The molecular formula is C15H15NO2. The summed E-state index contributed by atoms with van der Waals surface area (Å²) in [6.45, 7) is 7.98. The molecule has 2 aromatic heterocycles. The van der Waals surface area contributed by atoms with E-state index in [9.17, 15) is 4.79 Å². The van der Waals surface area contributed by atoms with Gasteiger partial charge in [-0.3, -0.25) is 4.79 Å². The van der Waals surface area contributed by atoms with Crippen LogP contribution in [0.5, 0.6) is 0 Å². The fourth-order valence-corrected chi connectivity index (χ4v) is 2.57. The lowest BCUT2D eigenvalue weighted by Gasteiger charge is -2.05. The molecule has 0 aliphatic carbocycles. The van der Waals surface area contributed by atoms with E-state index in [2.05, 4.69) is 11.1 Å². The second-order valence-electron chi connectivity index (χ2n) is 4.92. The molecular weight excluding hydrogens is 226 g/mol. The molecule has 1 N–H and O–H groups in total. The Morgan fingerprint density at radius 1 is 1.06 bits per heavy atom. The molecule has 0 unspecified atom stereocenters. The lowest BCUT2D eigenvalue weighted by molar-refractivity contribution is 0.573. The molecule has 0 radical (unpaired) electrons. The minimum atomic E-state index is -0.0663. The number of hydrogen-bond acceptors (Lipinski definition) is 2. The predicted octanol–water partition coefficient (Wildman–Crippen LogP) is 3.51. The van der Waals surface area contributed by atoms with E-state index in [1.807, 2.05) is 27.7 Å². The van der Waals surface area contributed by atoms with Crippen LogP contribution < -0.4 is 5.56 Å². The number of furan rings is 1. The summed E-state index contributed by atoms with van der Waals surface area (Å²) in [5.41, 5.74) is 4.89. The van der Waals surface area contributed by atoms with Crippen LogP contribution in [0.4, 0.5) is 0 Å².